The van der Waals surface area contributed by atoms with Gasteiger partial charge in [0.2, 0.25) is 5.91 Å². The number of nitrogens with two attached hydrogens (primary N) is 1. The molecule has 1 fully saturated rings. The molecule has 0 aromatic heterocycles. The molecule has 0 saturated carbocycles. The minimum atomic E-state index is -0.640. The van der Waals surface area contributed by atoms with Crippen LogP contribution in [-0.2, 0) is 4.74 Å². The molecule has 194 valence electrons. The van der Waals surface area contributed by atoms with E-state index in [0.717, 1.165) is 26.1 Å². The smallest absolute Gasteiger partial charge is 0.321 e. The Kier molecular flexibility index (Phi) is 9.54. The lowest BCUT2D eigenvalue weighted by Crippen LogP contribution is -2.44. The third kappa shape index (κ3) is 7.55. The van der Waals surface area contributed by atoms with E-state index in [-0.39, 0.29) is 22.5 Å². The number of anilines is 1. The highest BCUT2D eigenvalue weighted by Gasteiger charge is 2.21. The maximum atomic E-state index is 13.5. The summed E-state index contributed by atoms with van der Waals surface area (Å²) in [7, 11) is 0. The molecule has 8 heteroatoms. The number of nitrogens with one attached hydrogen (secondary N) is 1. The van der Waals surface area contributed by atoms with E-state index in [2.05, 4.69) is 34.5 Å². The molecule has 4 rings (SSSR count). The van der Waals surface area contributed by atoms with Crippen LogP contribution < -0.4 is 11.1 Å². The number of morpholine rings is 1. The fourth-order valence-electron chi connectivity index (χ4n) is 4.58. The summed E-state index contributed by atoms with van der Waals surface area (Å²) >= 11 is 6.09. The molecule has 3 amide bonds. The van der Waals surface area contributed by atoms with E-state index in [0.29, 0.717) is 32.0 Å². The number of hydrogen-bond acceptors (Lipinski definition) is 4. The van der Waals surface area contributed by atoms with E-state index < -0.39 is 5.91 Å². The van der Waals surface area contributed by atoms with Gasteiger partial charge in [0.15, 0.2) is 0 Å². The fraction of sp³-hybridized carbons (Fsp3) is 0.310. The van der Waals surface area contributed by atoms with Crippen LogP contribution in [0.1, 0.15) is 33.8 Å². The maximum absolute atomic E-state index is 13.5. The van der Waals surface area contributed by atoms with Gasteiger partial charge in [0.25, 0.3) is 0 Å². The summed E-state index contributed by atoms with van der Waals surface area (Å²) in [6.07, 6.45) is 0.762. The van der Waals surface area contributed by atoms with Gasteiger partial charge in [-0.2, -0.15) is 0 Å². The molecule has 1 aliphatic heterocycles. The van der Waals surface area contributed by atoms with Gasteiger partial charge in [-0.05, 0) is 35.7 Å². The molecule has 0 bridgehead atoms. The zero-order valence-corrected chi connectivity index (χ0v) is 21.6. The Morgan fingerprint density at radius 3 is 2.16 bits per heavy atom. The topological polar surface area (TPSA) is 87.9 Å². The first-order valence-electron chi connectivity index (χ1n) is 12.6. The Hall–Kier alpha value is -3.39. The molecule has 3 N–H and O–H groups in total. The lowest BCUT2D eigenvalue weighted by molar-refractivity contribution is 0.0351. The molecular formula is C29H33ClN4O3. The second kappa shape index (κ2) is 13.2. The number of carbonyl (C=O) groups is 2. The molecule has 0 unspecified atom stereocenters. The Morgan fingerprint density at radius 1 is 0.946 bits per heavy atom. The Bertz CT molecular complexity index is 1130. The second-order valence-corrected chi connectivity index (χ2v) is 9.50. The van der Waals surface area contributed by atoms with Gasteiger partial charge < -0.3 is 20.7 Å². The van der Waals surface area contributed by atoms with E-state index in [1.807, 2.05) is 41.3 Å². The number of ether oxygens (including phenoxy) is 1. The van der Waals surface area contributed by atoms with Crippen LogP contribution in [0.25, 0.3) is 0 Å². The van der Waals surface area contributed by atoms with E-state index in [9.17, 15) is 9.59 Å². The first-order valence-corrected chi connectivity index (χ1v) is 12.9. The van der Waals surface area contributed by atoms with Crippen molar-refractivity contribution in [2.24, 2.45) is 5.73 Å². The van der Waals surface area contributed by atoms with Crippen LogP contribution in [-0.4, -0.2) is 67.7 Å². The summed E-state index contributed by atoms with van der Waals surface area (Å²) in [4.78, 5) is 29.3. The van der Waals surface area contributed by atoms with Crippen LogP contribution in [0.4, 0.5) is 10.5 Å². The van der Waals surface area contributed by atoms with Crippen molar-refractivity contribution in [3.05, 3.63) is 101 Å². The summed E-state index contributed by atoms with van der Waals surface area (Å²) in [5.74, 6) is -0.489. The molecule has 37 heavy (non-hydrogen) atoms. The summed E-state index contributed by atoms with van der Waals surface area (Å²) in [6.45, 7) is 5.00. The molecule has 1 saturated heterocycles. The molecule has 3 aromatic rings. The van der Waals surface area contributed by atoms with E-state index in [4.69, 9.17) is 22.1 Å². The number of halogens is 1. The molecule has 7 nitrogen and oxygen atoms in total. The molecule has 0 spiro atoms. The van der Waals surface area contributed by atoms with Crippen LogP contribution in [0.3, 0.4) is 0 Å². The molecule has 3 aromatic carbocycles. The van der Waals surface area contributed by atoms with Crippen molar-refractivity contribution in [1.82, 2.24) is 9.80 Å². The van der Waals surface area contributed by atoms with E-state index >= 15 is 0 Å². The number of rotatable bonds is 10. The number of benzene rings is 3. The average molecular weight is 521 g/mol. The molecular weight excluding hydrogens is 488 g/mol. The Labute approximate surface area is 223 Å². The first kappa shape index (κ1) is 26.7. The fourth-order valence-corrected chi connectivity index (χ4v) is 4.79. The van der Waals surface area contributed by atoms with Crippen LogP contribution in [0.5, 0.6) is 0 Å². The van der Waals surface area contributed by atoms with Crippen molar-refractivity contribution in [2.75, 3.05) is 51.3 Å². The van der Waals surface area contributed by atoms with Crippen LogP contribution in [0, 0.1) is 0 Å². The second-order valence-electron chi connectivity index (χ2n) is 9.09. The number of urea groups is 1. The summed E-state index contributed by atoms with van der Waals surface area (Å²) in [6, 6.07) is 25.3. The van der Waals surface area contributed by atoms with Gasteiger partial charge in [-0.3, -0.25) is 9.69 Å². The first-order chi connectivity index (χ1) is 18.0. The number of amides is 3. The van der Waals surface area contributed by atoms with Crippen molar-refractivity contribution in [3.63, 3.8) is 0 Å². The molecule has 0 atom stereocenters. The van der Waals surface area contributed by atoms with Gasteiger partial charge >= 0.3 is 6.03 Å². The predicted molar refractivity (Wildman–Crippen MR) is 147 cm³/mol. The summed E-state index contributed by atoms with van der Waals surface area (Å²) < 4.78 is 5.47. The van der Waals surface area contributed by atoms with E-state index in [1.165, 1.54) is 17.2 Å². The SMILES string of the molecule is NC(=O)c1cc(NC(=O)N(CCC(c2ccccc2)c2ccccc2)CCN2CCOCC2)ccc1Cl. The largest absolute Gasteiger partial charge is 0.379 e. The third-order valence-electron chi connectivity index (χ3n) is 6.65. The average Bonchev–Trinajstić information content (AvgIpc) is 2.93. The zero-order chi connectivity index (χ0) is 26.0. The van der Waals surface area contributed by atoms with Gasteiger partial charge in [-0.15, -0.1) is 0 Å². The van der Waals surface area contributed by atoms with Crippen LogP contribution >= 0.6 is 11.6 Å². The van der Waals surface area contributed by atoms with Crippen molar-refractivity contribution >= 4 is 29.2 Å². The number of nitrogens with zero attached hydrogens (tertiary/aromatic N) is 2. The highest BCUT2D eigenvalue weighted by atomic mass is 35.5. The third-order valence-corrected chi connectivity index (χ3v) is 6.98. The number of hydrogen-bond donors (Lipinski definition) is 2. The van der Waals surface area contributed by atoms with Crippen LogP contribution in [0.15, 0.2) is 78.9 Å². The lowest BCUT2D eigenvalue weighted by Gasteiger charge is -2.31. The van der Waals surface area contributed by atoms with Crippen molar-refractivity contribution in [1.29, 1.82) is 0 Å². The molecule has 0 radical (unpaired) electrons. The van der Waals surface area contributed by atoms with E-state index in [1.54, 1.807) is 12.1 Å². The lowest BCUT2D eigenvalue weighted by atomic mass is 9.88. The molecule has 1 aliphatic rings. The normalized spacial score (nSPS) is 13.9. The molecule has 0 aliphatic carbocycles. The highest BCUT2D eigenvalue weighted by molar-refractivity contribution is 6.34. The minimum Gasteiger partial charge on any atom is -0.379 e. The van der Waals surface area contributed by atoms with Gasteiger partial charge in [0.1, 0.15) is 0 Å². The number of primary amides is 1. The van der Waals surface area contributed by atoms with Crippen molar-refractivity contribution < 1.29 is 14.3 Å². The van der Waals surface area contributed by atoms with Crippen LogP contribution in [0.2, 0.25) is 5.02 Å². The monoisotopic (exact) mass is 520 g/mol. The Balaban J connectivity index is 1.51. The van der Waals surface area contributed by atoms with Gasteiger partial charge in [-0.25, -0.2) is 4.79 Å². The van der Waals surface area contributed by atoms with Crippen molar-refractivity contribution in [3.8, 4) is 0 Å². The summed E-state index contributed by atoms with van der Waals surface area (Å²) in [5, 5.41) is 3.19. The van der Waals surface area contributed by atoms with Crippen molar-refractivity contribution in [2.45, 2.75) is 12.3 Å². The summed E-state index contributed by atoms with van der Waals surface area (Å²) in [5.41, 5.74) is 8.51. The predicted octanol–water partition coefficient (Wildman–Crippen LogP) is 4.83. The number of carbonyl (C=O) groups excluding carboxylic acids is 2. The quantitative estimate of drug-likeness (QED) is 0.401. The molecule has 1 heterocycles. The maximum Gasteiger partial charge on any atom is 0.321 e. The highest BCUT2D eigenvalue weighted by Crippen LogP contribution is 2.28. The van der Waals surface area contributed by atoms with Gasteiger partial charge in [0, 0.05) is 44.3 Å². The van der Waals surface area contributed by atoms with Gasteiger partial charge in [-0.1, -0.05) is 72.3 Å². The van der Waals surface area contributed by atoms with Gasteiger partial charge in [0.05, 0.1) is 23.8 Å². The minimum absolute atomic E-state index is 0.151. The standard InChI is InChI=1S/C29H33ClN4O3/c30-27-12-11-24(21-26(27)28(31)35)32-29(36)34(16-15-33-17-19-37-20-18-33)14-13-25(22-7-3-1-4-8-22)23-9-5-2-6-10-23/h1-12,21,25H,13-20H2,(H2,31,35)(H,32,36). The Morgan fingerprint density at radius 2 is 1.57 bits per heavy atom. The zero-order valence-electron chi connectivity index (χ0n) is 20.8.